The van der Waals surface area contributed by atoms with E-state index in [1.165, 1.54) is 0 Å². The number of likely N-dealkylation sites (N-methyl/N-ethyl adjacent to an activating group) is 2. The molecule has 0 heterocycles. The molecule has 1 amide bonds. The van der Waals surface area contributed by atoms with Crippen molar-refractivity contribution in [1.29, 1.82) is 0 Å². The van der Waals surface area contributed by atoms with Gasteiger partial charge in [0.15, 0.2) is 7.92 Å². The number of hydrogen-bond acceptors (Lipinski definition) is 8. The van der Waals surface area contributed by atoms with E-state index in [4.69, 9.17) is 9.47 Å². The Morgan fingerprint density at radius 1 is 0.755 bits per heavy atom. The third-order valence-electron chi connectivity index (χ3n) is 9.09. The van der Waals surface area contributed by atoms with Crippen molar-refractivity contribution in [3.05, 3.63) is 125 Å². The summed E-state index contributed by atoms with van der Waals surface area (Å²) in [6, 6.07) is 28.8. The van der Waals surface area contributed by atoms with Crippen LogP contribution in [0.2, 0.25) is 0 Å². The van der Waals surface area contributed by atoms with Crippen LogP contribution in [-0.4, -0.2) is 63.2 Å². The molecule has 5 atom stereocenters. The predicted molar refractivity (Wildman–Crippen MR) is 215 cm³/mol. The van der Waals surface area contributed by atoms with Gasteiger partial charge in [0, 0.05) is 6.42 Å². The Morgan fingerprint density at radius 2 is 1.34 bits per heavy atom. The topological polar surface area (TPSA) is 118 Å². The molecule has 0 saturated carbocycles. The summed E-state index contributed by atoms with van der Waals surface area (Å²) < 4.78 is 26.2. The maximum atomic E-state index is 14.2. The molecule has 0 fully saturated rings. The first-order chi connectivity index (χ1) is 25.6. The minimum atomic E-state index is -2.36. The first-order valence-electron chi connectivity index (χ1n) is 17.8. The molecule has 4 rings (SSSR count). The molecule has 0 aliphatic carbocycles. The van der Waals surface area contributed by atoms with Crippen molar-refractivity contribution in [3.63, 3.8) is 0 Å². The van der Waals surface area contributed by atoms with Crippen molar-refractivity contribution in [2.45, 2.75) is 63.9 Å². The van der Waals surface area contributed by atoms with Crippen molar-refractivity contribution >= 4 is 34.3 Å². The lowest BCUT2D eigenvalue weighted by molar-refractivity contribution is -0.149. The molecule has 12 heteroatoms. The van der Waals surface area contributed by atoms with E-state index in [0.717, 1.165) is 51.9 Å². The average molecular weight is 761 g/mol. The number of amides is 1. The van der Waals surface area contributed by atoms with Gasteiger partial charge in [-0.2, -0.15) is 0 Å². The number of carbonyl (C=O) groups excluding carboxylic acids is 3. The van der Waals surface area contributed by atoms with E-state index in [-0.39, 0.29) is 25.4 Å². The summed E-state index contributed by atoms with van der Waals surface area (Å²) in [7, 11) is 4.88. The van der Waals surface area contributed by atoms with Gasteiger partial charge in [-0.05, 0) is 105 Å². The molecular weight excluding hydrogens is 709 g/mol. The van der Waals surface area contributed by atoms with E-state index in [9.17, 15) is 18.6 Å². The highest BCUT2D eigenvalue weighted by Gasteiger charge is 2.28. The van der Waals surface area contributed by atoms with Crippen LogP contribution in [0.15, 0.2) is 97.1 Å². The van der Waals surface area contributed by atoms with Crippen LogP contribution in [0.5, 0.6) is 5.75 Å². The van der Waals surface area contributed by atoms with Gasteiger partial charge >= 0.3 is 5.97 Å². The standard InChI is InChI=1S/C41H51FN4O5P2/c1-28-17-18-31(32-19-20-38(50-26-29-12-7-5-8-13-29)34(23-32)25-37(45-4)41(49)53(42)52)22-33(28)24-36(40(48)51-27-30-14-9-6-10-15-30)46-39(47)35(44-3)16-11-21-43-2/h5-10,12-15,17-20,22-23,35-37,43-45H,11,16,21,24-27,52H2,1-4H3,(H,46,47)/t35-,36-,37-,53?/m0/s1. The lowest BCUT2D eigenvalue weighted by Gasteiger charge is -2.23. The van der Waals surface area contributed by atoms with Gasteiger partial charge in [0.1, 0.15) is 25.0 Å². The van der Waals surface area contributed by atoms with Gasteiger partial charge in [-0.25, -0.2) is 8.99 Å². The second-order valence-corrected chi connectivity index (χ2v) is 15.3. The third kappa shape index (κ3) is 12.8. The molecule has 2 unspecified atom stereocenters. The Kier molecular flexibility index (Phi) is 17.0. The summed E-state index contributed by atoms with van der Waals surface area (Å²) in [5, 5.41) is 12.1. The molecule has 0 bridgehead atoms. The lowest BCUT2D eigenvalue weighted by atomic mass is 9.93. The zero-order chi connectivity index (χ0) is 38.2. The average Bonchev–Trinajstić information content (AvgIpc) is 3.18. The molecule has 4 aromatic carbocycles. The third-order valence-corrected chi connectivity index (χ3v) is 10.6. The first kappa shape index (κ1) is 41.7. The minimum Gasteiger partial charge on any atom is -0.489 e. The fraction of sp³-hybridized carbons (Fsp3) is 0.341. The highest BCUT2D eigenvalue weighted by molar-refractivity contribution is 8.19. The van der Waals surface area contributed by atoms with E-state index >= 15 is 0 Å². The van der Waals surface area contributed by atoms with Crippen LogP contribution in [0, 0.1) is 6.92 Å². The van der Waals surface area contributed by atoms with Crippen molar-refractivity contribution < 1.29 is 28.1 Å². The van der Waals surface area contributed by atoms with Gasteiger partial charge in [0.05, 0.1) is 12.1 Å². The molecule has 0 spiro atoms. The fourth-order valence-electron chi connectivity index (χ4n) is 5.95. The first-order valence-corrected chi connectivity index (χ1v) is 20.6. The molecule has 53 heavy (non-hydrogen) atoms. The monoisotopic (exact) mass is 760 g/mol. The van der Waals surface area contributed by atoms with Gasteiger partial charge in [-0.1, -0.05) is 93.9 Å². The quantitative estimate of drug-likeness (QED) is 0.0438. The summed E-state index contributed by atoms with van der Waals surface area (Å²) >= 11 is 0. The van der Waals surface area contributed by atoms with E-state index in [2.05, 4.69) is 21.3 Å². The summed E-state index contributed by atoms with van der Waals surface area (Å²) in [4.78, 5) is 39.9. The molecule has 0 radical (unpaired) electrons. The SMILES string of the molecule is CNCCC[C@H](NC)C(=O)N[C@@H](Cc1cc(-c2ccc(OCc3ccccc3)c(C[C@H](NC)C(=O)P(F)P)c2)ccc1C)C(=O)OCc1ccccc1. The molecule has 0 aromatic heterocycles. The second kappa shape index (κ2) is 21.6. The van der Waals surface area contributed by atoms with Crippen molar-refractivity contribution in [3.8, 4) is 16.9 Å². The number of hydrogen-bond donors (Lipinski definition) is 4. The molecule has 4 N–H and O–H groups in total. The Labute approximate surface area is 316 Å². The van der Waals surface area contributed by atoms with Gasteiger partial charge in [0.25, 0.3) is 0 Å². The zero-order valence-corrected chi connectivity index (χ0v) is 32.9. The summed E-state index contributed by atoms with van der Waals surface area (Å²) in [6.07, 6.45) is 1.82. The number of aryl methyl sites for hydroxylation is 1. The molecule has 282 valence electrons. The van der Waals surface area contributed by atoms with Crippen LogP contribution < -0.4 is 26.0 Å². The predicted octanol–water partition coefficient (Wildman–Crippen LogP) is 6.41. The molecule has 4 aromatic rings. The molecule has 0 aliphatic rings. The Balaban J connectivity index is 1.64. The van der Waals surface area contributed by atoms with Crippen LogP contribution in [0.3, 0.4) is 0 Å². The molecule has 0 saturated heterocycles. The number of carbonyl (C=O) groups is 3. The maximum absolute atomic E-state index is 14.2. The number of benzene rings is 4. The molecule has 0 aliphatic heterocycles. The maximum Gasteiger partial charge on any atom is 0.329 e. The van der Waals surface area contributed by atoms with E-state index in [0.29, 0.717) is 18.8 Å². The van der Waals surface area contributed by atoms with Gasteiger partial charge in [-0.3, -0.25) is 9.59 Å². The summed E-state index contributed by atoms with van der Waals surface area (Å²) in [5.74, 6) is -0.197. The number of esters is 1. The van der Waals surface area contributed by atoms with Crippen LogP contribution >= 0.6 is 16.8 Å². The normalized spacial score (nSPS) is 13.4. The zero-order valence-electron chi connectivity index (χ0n) is 30.9. The highest BCUT2D eigenvalue weighted by Crippen LogP contribution is 2.48. The Morgan fingerprint density at radius 3 is 1.94 bits per heavy atom. The van der Waals surface area contributed by atoms with Crippen molar-refractivity contribution in [2.24, 2.45) is 0 Å². The largest absolute Gasteiger partial charge is 0.489 e. The van der Waals surface area contributed by atoms with Gasteiger partial charge in [-0.15, -0.1) is 0 Å². The number of ether oxygens (including phenoxy) is 2. The summed E-state index contributed by atoms with van der Waals surface area (Å²) in [6.45, 7) is 3.15. The number of halogens is 1. The Bertz CT molecular complexity index is 1780. The molecule has 9 nitrogen and oxygen atoms in total. The van der Waals surface area contributed by atoms with Crippen LogP contribution in [-0.2, 0) is 45.2 Å². The van der Waals surface area contributed by atoms with E-state index in [1.54, 1.807) is 14.1 Å². The number of nitrogens with one attached hydrogen (secondary N) is 4. The fourth-order valence-corrected chi connectivity index (χ4v) is 7.01. The second-order valence-electron chi connectivity index (χ2n) is 12.9. The lowest BCUT2D eigenvalue weighted by Crippen LogP contribution is -2.50. The minimum absolute atomic E-state index is 0.0846. The smallest absolute Gasteiger partial charge is 0.329 e. The van der Waals surface area contributed by atoms with Crippen molar-refractivity contribution in [1.82, 2.24) is 21.3 Å². The summed E-state index contributed by atoms with van der Waals surface area (Å²) in [5.41, 5.74) is 5.63. The van der Waals surface area contributed by atoms with Gasteiger partial charge < -0.3 is 30.7 Å². The Hall–Kier alpha value is -4.04. The van der Waals surface area contributed by atoms with Crippen LogP contribution in [0.4, 0.5) is 4.20 Å². The van der Waals surface area contributed by atoms with Crippen LogP contribution in [0.1, 0.15) is 40.7 Å². The highest BCUT2D eigenvalue weighted by atomic mass is 32.0. The molecular formula is C41H51FN4O5P2. The van der Waals surface area contributed by atoms with Crippen LogP contribution in [0.25, 0.3) is 11.1 Å². The van der Waals surface area contributed by atoms with Crippen molar-refractivity contribution in [2.75, 3.05) is 27.7 Å². The number of rotatable bonds is 21. The van der Waals surface area contributed by atoms with E-state index < -0.39 is 37.5 Å². The van der Waals surface area contributed by atoms with E-state index in [1.807, 2.05) is 120 Å². The van der Waals surface area contributed by atoms with Gasteiger partial charge in [0.2, 0.25) is 11.4 Å².